The summed E-state index contributed by atoms with van der Waals surface area (Å²) in [6.45, 7) is 1.71. The van der Waals surface area contributed by atoms with Crippen LogP contribution in [0.25, 0.3) is 11.1 Å². The summed E-state index contributed by atoms with van der Waals surface area (Å²) >= 11 is 0. The van der Waals surface area contributed by atoms with Crippen LogP contribution in [-0.4, -0.2) is 21.8 Å². The van der Waals surface area contributed by atoms with Gasteiger partial charge in [0.25, 0.3) is 0 Å². The maximum Gasteiger partial charge on any atom is 0.417 e. The number of nitrogens with one attached hydrogen (secondary N) is 1. The SMILES string of the molecule is CC(O)(CCCO)c1ccc2[nH]c(=O)oc2c1. The van der Waals surface area contributed by atoms with E-state index in [1.807, 2.05) is 0 Å². The van der Waals surface area contributed by atoms with Gasteiger partial charge in [-0.05, 0) is 37.5 Å². The summed E-state index contributed by atoms with van der Waals surface area (Å²) in [5.74, 6) is -0.507. The number of benzene rings is 1. The first-order valence-electron chi connectivity index (χ1n) is 5.49. The number of aromatic amines is 1. The lowest BCUT2D eigenvalue weighted by Gasteiger charge is -2.23. The Kier molecular flexibility index (Phi) is 3.04. The molecule has 0 aliphatic carbocycles. The van der Waals surface area contributed by atoms with Gasteiger partial charge in [-0.25, -0.2) is 4.79 Å². The number of rotatable bonds is 4. The second-order valence-electron chi connectivity index (χ2n) is 4.33. The fourth-order valence-corrected chi connectivity index (χ4v) is 1.85. The molecule has 0 aliphatic heterocycles. The van der Waals surface area contributed by atoms with Gasteiger partial charge in [-0.2, -0.15) is 0 Å². The summed E-state index contributed by atoms with van der Waals surface area (Å²) in [5, 5.41) is 19.0. The Morgan fingerprint density at radius 3 is 2.94 bits per heavy atom. The van der Waals surface area contributed by atoms with Gasteiger partial charge in [-0.3, -0.25) is 4.98 Å². The quantitative estimate of drug-likeness (QED) is 0.743. The Labute approximate surface area is 97.7 Å². The van der Waals surface area contributed by atoms with E-state index in [0.717, 1.165) is 0 Å². The predicted molar refractivity (Wildman–Crippen MR) is 62.7 cm³/mol. The van der Waals surface area contributed by atoms with Gasteiger partial charge >= 0.3 is 5.76 Å². The standard InChI is InChI=1S/C12H15NO4/c1-12(16,5-2-6-14)8-3-4-9-10(7-8)17-11(15)13-9/h3-4,7,14,16H,2,5-6H2,1H3,(H,13,15). The van der Waals surface area contributed by atoms with E-state index in [9.17, 15) is 9.90 Å². The Bertz CT molecular complexity index is 567. The first-order chi connectivity index (χ1) is 8.03. The zero-order valence-corrected chi connectivity index (χ0v) is 9.56. The number of fused-ring (bicyclic) bond motifs is 1. The highest BCUT2D eigenvalue weighted by Crippen LogP contribution is 2.27. The van der Waals surface area contributed by atoms with E-state index >= 15 is 0 Å². The van der Waals surface area contributed by atoms with E-state index < -0.39 is 11.4 Å². The average molecular weight is 237 g/mol. The molecule has 0 spiro atoms. The molecule has 17 heavy (non-hydrogen) atoms. The minimum absolute atomic E-state index is 0.0393. The fraction of sp³-hybridized carbons (Fsp3) is 0.417. The number of hydrogen-bond acceptors (Lipinski definition) is 4. The maximum atomic E-state index is 11.0. The molecule has 0 radical (unpaired) electrons. The molecule has 1 atom stereocenters. The molecular formula is C12H15NO4. The number of aromatic nitrogens is 1. The zero-order chi connectivity index (χ0) is 12.5. The van der Waals surface area contributed by atoms with E-state index in [1.165, 1.54) is 0 Å². The van der Waals surface area contributed by atoms with Crippen LogP contribution in [0.15, 0.2) is 27.4 Å². The third kappa shape index (κ3) is 2.40. The average Bonchev–Trinajstić information content (AvgIpc) is 2.65. The molecule has 1 unspecified atom stereocenters. The molecule has 1 aromatic carbocycles. The predicted octanol–water partition coefficient (Wildman–Crippen LogP) is 1.10. The zero-order valence-electron chi connectivity index (χ0n) is 9.56. The third-order valence-electron chi connectivity index (χ3n) is 2.86. The van der Waals surface area contributed by atoms with Gasteiger partial charge in [-0.1, -0.05) is 6.07 Å². The Balaban J connectivity index is 2.37. The van der Waals surface area contributed by atoms with Crippen LogP contribution in [0.3, 0.4) is 0 Å². The largest absolute Gasteiger partial charge is 0.417 e. The molecule has 1 aromatic heterocycles. The molecule has 1 heterocycles. The van der Waals surface area contributed by atoms with Crippen molar-refractivity contribution in [2.24, 2.45) is 0 Å². The lowest BCUT2D eigenvalue weighted by Crippen LogP contribution is -2.21. The maximum absolute atomic E-state index is 11.0. The third-order valence-corrected chi connectivity index (χ3v) is 2.86. The van der Waals surface area contributed by atoms with Crippen LogP contribution in [0, 0.1) is 0 Å². The van der Waals surface area contributed by atoms with Crippen LogP contribution >= 0.6 is 0 Å². The molecule has 0 bridgehead atoms. The monoisotopic (exact) mass is 237 g/mol. The summed E-state index contributed by atoms with van der Waals surface area (Å²) in [7, 11) is 0. The Morgan fingerprint density at radius 1 is 1.47 bits per heavy atom. The van der Waals surface area contributed by atoms with Gasteiger partial charge in [0.05, 0.1) is 11.1 Å². The molecule has 2 aromatic rings. The lowest BCUT2D eigenvalue weighted by molar-refractivity contribution is 0.0404. The molecule has 0 amide bonds. The molecule has 5 nitrogen and oxygen atoms in total. The van der Waals surface area contributed by atoms with E-state index in [0.29, 0.717) is 29.5 Å². The first kappa shape index (κ1) is 11.9. The number of aliphatic hydroxyl groups excluding tert-OH is 1. The van der Waals surface area contributed by atoms with Gasteiger partial charge in [0, 0.05) is 6.61 Å². The minimum Gasteiger partial charge on any atom is -0.408 e. The van der Waals surface area contributed by atoms with Crippen molar-refractivity contribution in [3.63, 3.8) is 0 Å². The summed E-state index contributed by atoms with van der Waals surface area (Å²) < 4.78 is 4.94. The molecule has 3 N–H and O–H groups in total. The number of hydrogen-bond donors (Lipinski definition) is 3. The van der Waals surface area contributed by atoms with Gasteiger partial charge in [0.2, 0.25) is 0 Å². The summed E-state index contributed by atoms with van der Waals surface area (Å²) in [4.78, 5) is 13.5. The molecule has 2 rings (SSSR count). The van der Waals surface area contributed by atoms with E-state index in [1.54, 1.807) is 25.1 Å². The molecule has 0 aliphatic rings. The van der Waals surface area contributed by atoms with Crippen molar-refractivity contribution in [2.45, 2.75) is 25.4 Å². The molecule has 5 heteroatoms. The van der Waals surface area contributed by atoms with Gasteiger partial charge < -0.3 is 14.6 Å². The van der Waals surface area contributed by atoms with Gasteiger partial charge in [-0.15, -0.1) is 0 Å². The fourth-order valence-electron chi connectivity index (χ4n) is 1.85. The van der Waals surface area contributed by atoms with Crippen LogP contribution in [0.2, 0.25) is 0 Å². The van der Waals surface area contributed by atoms with Crippen LogP contribution < -0.4 is 5.76 Å². The Morgan fingerprint density at radius 2 is 2.24 bits per heavy atom. The highest BCUT2D eigenvalue weighted by molar-refractivity contribution is 5.73. The van der Waals surface area contributed by atoms with Crippen molar-refractivity contribution in [1.29, 1.82) is 0 Å². The Hall–Kier alpha value is -1.59. The second kappa shape index (κ2) is 4.35. The summed E-state index contributed by atoms with van der Waals surface area (Å²) in [5.41, 5.74) is 0.668. The minimum atomic E-state index is -1.03. The highest BCUT2D eigenvalue weighted by atomic mass is 16.4. The van der Waals surface area contributed by atoms with Crippen LogP contribution in [0.1, 0.15) is 25.3 Å². The van der Waals surface area contributed by atoms with Crippen molar-refractivity contribution in [3.05, 3.63) is 34.3 Å². The smallest absolute Gasteiger partial charge is 0.408 e. The second-order valence-corrected chi connectivity index (χ2v) is 4.33. The van der Waals surface area contributed by atoms with Crippen LogP contribution in [-0.2, 0) is 5.60 Å². The molecule has 0 saturated carbocycles. The van der Waals surface area contributed by atoms with Crippen LogP contribution in [0.5, 0.6) is 0 Å². The lowest BCUT2D eigenvalue weighted by atomic mass is 9.91. The normalized spacial score (nSPS) is 15.0. The molecular weight excluding hydrogens is 222 g/mol. The van der Waals surface area contributed by atoms with Crippen molar-refractivity contribution >= 4 is 11.1 Å². The molecule has 0 saturated heterocycles. The topological polar surface area (TPSA) is 86.5 Å². The summed E-state index contributed by atoms with van der Waals surface area (Å²) in [6.07, 6.45) is 0.964. The van der Waals surface area contributed by atoms with Crippen molar-refractivity contribution < 1.29 is 14.6 Å². The van der Waals surface area contributed by atoms with E-state index in [2.05, 4.69) is 4.98 Å². The first-order valence-corrected chi connectivity index (χ1v) is 5.49. The van der Waals surface area contributed by atoms with Crippen molar-refractivity contribution in [1.82, 2.24) is 4.98 Å². The number of H-pyrrole nitrogens is 1. The molecule has 92 valence electrons. The molecule has 0 fully saturated rings. The van der Waals surface area contributed by atoms with Gasteiger partial charge in [0.1, 0.15) is 0 Å². The van der Waals surface area contributed by atoms with E-state index in [-0.39, 0.29) is 6.61 Å². The van der Waals surface area contributed by atoms with Crippen LogP contribution in [0.4, 0.5) is 0 Å². The summed E-state index contributed by atoms with van der Waals surface area (Å²) in [6, 6.07) is 5.08. The van der Waals surface area contributed by atoms with E-state index in [4.69, 9.17) is 9.52 Å². The van der Waals surface area contributed by atoms with Crippen molar-refractivity contribution in [3.8, 4) is 0 Å². The van der Waals surface area contributed by atoms with Crippen molar-refractivity contribution in [2.75, 3.05) is 6.61 Å². The van der Waals surface area contributed by atoms with Gasteiger partial charge in [0.15, 0.2) is 5.58 Å². The highest BCUT2D eigenvalue weighted by Gasteiger charge is 2.23. The number of aliphatic hydroxyl groups is 2. The number of oxazole rings is 1.